The molecule has 0 aromatic carbocycles. The molecule has 7 heteroatoms. The van der Waals surface area contributed by atoms with Gasteiger partial charge < -0.3 is 14.2 Å². The van der Waals surface area contributed by atoms with Crippen molar-refractivity contribution in [1.29, 1.82) is 0 Å². The lowest BCUT2D eigenvalue weighted by Crippen LogP contribution is -2.41. The molecule has 1 saturated heterocycles. The minimum atomic E-state index is -0.276. The van der Waals surface area contributed by atoms with Crippen LogP contribution in [0.5, 0.6) is 0 Å². The van der Waals surface area contributed by atoms with Crippen LogP contribution in [0.15, 0.2) is 30.9 Å². The fourth-order valence-electron chi connectivity index (χ4n) is 3.47. The van der Waals surface area contributed by atoms with Crippen molar-refractivity contribution >= 4 is 5.91 Å². The Hall–Kier alpha value is -2.15. The van der Waals surface area contributed by atoms with E-state index < -0.39 is 0 Å². The number of nitrogens with zero attached hydrogens (tertiary/aromatic N) is 5. The average molecular weight is 315 g/mol. The molecule has 1 unspecified atom stereocenters. The van der Waals surface area contributed by atoms with Crippen LogP contribution in [0.4, 0.5) is 0 Å². The Kier molecular flexibility index (Phi) is 3.87. The van der Waals surface area contributed by atoms with E-state index in [1.807, 2.05) is 28.0 Å². The van der Waals surface area contributed by atoms with E-state index in [0.29, 0.717) is 25.6 Å². The maximum Gasteiger partial charge on any atom is 0.252 e. The van der Waals surface area contributed by atoms with Gasteiger partial charge in [-0.25, -0.2) is 4.98 Å². The van der Waals surface area contributed by atoms with Gasteiger partial charge in [0.25, 0.3) is 5.91 Å². The van der Waals surface area contributed by atoms with Gasteiger partial charge in [-0.1, -0.05) is 0 Å². The van der Waals surface area contributed by atoms with Crippen molar-refractivity contribution in [3.05, 3.63) is 36.7 Å². The van der Waals surface area contributed by atoms with E-state index in [4.69, 9.17) is 4.74 Å². The first-order valence-corrected chi connectivity index (χ1v) is 8.17. The van der Waals surface area contributed by atoms with E-state index in [1.165, 1.54) is 0 Å². The monoisotopic (exact) mass is 315 g/mol. The Balaban J connectivity index is 1.55. The highest BCUT2D eigenvalue weighted by Crippen LogP contribution is 2.21. The van der Waals surface area contributed by atoms with Gasteiger partial charge in [0.1, 0.15) is 11.9 Å². The van der Waals surface area contributed by atoms with Gasteiger partial charge in [-0.05, 0) is 18.9 Å². The van der Waals surface area contributed by atoms with Gasteiger partial charge in [-0.15, -0.1) is 0 Å². The predicted molar refractivity (Wildman–Crippen MR) is 82.3 cm³/mol. The molecule has 0 bridgehead atoms. The highest BCUT2D eigenvalue weighted by atomic mass is 16.5. The van der Waals surface area contributed by atoms with Gasteiger partial charge in [0.05, 0.1) is 6.54 Å². The second-order valence-corrected chi connectivity index (χ2v) is 6.31. The number of fused-ring (bicyclic) bond motifs is 1. The zero-order valence-electron chi connectivity index (χ0n) is 13.0. The molecule has 4 heterocycles. The maximum atomic E-state index is 12.8. The Morgan fingerprint density at radius 2 is 2.26 bits per heavy atom. The summed E-state index contributed by atoms with van der Waals surface area (Å²) < 4.78 is 9.66. The molecule has 1 fully saturated rings. The van der Waals surface area contributed by atoms with Crippen molar-refractivity contribution in [2.24, 2.45) is 5.92 Å². The molecule has 2 aromatic heterocycles. The second kappa shape index (κ2) is 6.16. The predicted octanol–water partition coefficient (Wildman–Crippen LogP) is 0.917. The van der Waals surface area contributed by atoms with Crippen LogP contribution in [0.2, 0.25) is 0 Å². The van der Waals surface area contributed by atoms with Crippen LogP contribution in [-0.2, 0) is 29.2 Å². The second-order valence-electron chi connectivity index (χ2n) is 6.31. The van der Waals surface area contributed by atoms with E-state index in [2.05, 4.69) is 14.6 Å². The molecule has 2 aliphatic heterocycles. The highest BCUT2D eigenvalue weighted by molar-refractivity contribution is 5.81. The van der Waals surface area contributed by atoms with Crippen LogP contribution < -0.4 is 0 Å². The van der Waals surface area contributed by atoms with Gasteiger partial charge >= 0.3 is 0 Å². The molecule has 4 rings (SSSR count). The number of carbonyl (C=O) groups excluding carboxylic acids is 1. The number of aromatic nitrogens is 4. The van der Waals surface area contributed by atoms with Crippen LogP contribution in [0.3, 0.4) is 0 Å². The molecule has 1 amide bonds. The van der Waals surface area contributed by atoms with Crippen molar-refractivity contribution in [1.82, 2.24) is 24.2 Å². The Bertz CT molecular complexity index is 660. The Morgan fingerprint density at radius 1 is 1.30 bits per heavy atom. The number of rotatable bonds is 3. The summed E-state index contributed by atoms with van der Waals surface area (Å²) in [5.41, 5.74) is 0. The number of hydrogen-bond donors (Lipinski definition) is 0. The first kappa shape index (κ1) is 14.4. The van der Waals surface area contributed by atoms with E-state index in [-0.39, 0.29) is 12.0 Å². The normalized spacial score (nSPS) is 24.4. The fraction of sp³-hybridized carbons (Fsp3) is 0.562. The van der Waals surface area contributed by atoms with Crippen LogP contribution in [0, 0.1) is 5.92 Å². The zero-order valence-corrected chi connectivity index (χ0v) is 13.0. The van der Waals surface area contributed by atoms with Gasteiger partial charge in [0.2, 0.25) is 0 Å². The average Bonchev–Trinajstić information content (AvgIpc) is 3.28. The summed E-state index contributed by atoms with van der Waals surface area (Å²) in [6, 6.07) is 1.93. The van der Waals surface area contributed by atoms with E-state index in [1.54, 1.807) is 12.4 Å². The SMILES string of the molecule is O=C([C@H]1CCCO1)N1Cc2nccn2CC(Cn2cccn2)C1. The number of amides is 1. The topological polar surface area (TPSA) is 65.2 Å². The number of carbonyl (C=O) groups is 1. The summed E-state index contributed by atoms with van der Waals surface area (Å²) in [6.45, 7) is 3.60. The third kappa shape index (κ3) is 3.01. The largest absolute Gasteiger partial charge is 0.368 e. The number of imidazole rings is 1. The van der Waals surface area contributed by atoms with Crippen LogP contribution >= 0.6 is 0 Å². The highest BCUT2D eigenvalue weighted by Gasteiger charge is 2.32. The summed E-state index contributed by atoms with van der Waals surface area (Å²) in [6.07, 6.45) is 9.07. The smallest absolute Gasteiger partial charge is 0.252 e. The minimum absolute atomic E-state index is 0.101. The van der Waals surface area contributed by atoms with Gasteiger partial charge in [0.15, 0.2) is 0 Å². The number of ether oxygens (including phenoxy) is 1. The van der Waals surface area contributed by atoms with Crippen molar-refractivity contribution in [2.75, 3.05) is 13.2 Å². The third-order valence-corrected chi connectivity index (χ3v) is 4.59. The minimum Gasteiger partial charge on any atom is -0.368 e. The van der Waals surface area contributed by atoms with Crippen LogP contribution in [0.1, 0.15) is 18.7 Å². The maximum absolute atomic E-state index is 12.8. The Morgan fingerprint density at radius 3 is 3.04 bits per heavy atom. The molecule has 2 atom stereocenters. The molecule has 2 aromatic rings. The first-order chi connectivity index (χ1) is 11.3. The van der Waals surface area contributed by atoms with E-state index >= 15 is 0 Å². The van der Waals surface area contributed by atoms with Gasteiger partial charge in [0, 0.05) is 56.9 Å². The molecule has 0 N–H and O–H groups in total. The van der Waals surface area contributed by atoms with Crippen molar-refractivity contribution in [3.63, 3.8) is 0 Å². The molecular weight excluding hydrogens is 294 g/mol. The molecule has 2 aliphatic rings. The van der Waals surface area contributed by atoms with E-state index in [0.717, 1.165) is 31.8 Å². The lowest BCUT2D eigenvalue weighted by molar-refractivity contribution is -0.142. The molecule has 0 radical (unpaired) electrons. The summed E-state index contributed by atoms with van der Waals surface area (Å²) >= 11 is 0. The molecule has 0 saturated carbocycles. The standard InChI is InChI=1S/C16H21N5O2/c22-16(14-3-1-8-23-14)20-10-13(11-21-6-2-4-18-21)9-19-7-5-17-15(19)12-20/h2,4-7,13-14H,1,3,8-12H2/t13?,14-/m1/s1. The van der Waals surface area contributed by atoms with Crippen LogP contribution in [0.25, 0.3) is 0 Å². The fourth-order valence-corrected chi connectivity index (χ4v) is 3.47. The zero-order chi connectivity index (χ0) is 15.6. The summed E-state index contributed by atoms with van der Waals surface area (Å²) in [5, 5.41) is 4.30. The molecule has 122 valence electrons. The number of hydrogen-bond acceptors (Lipinski definition) is 4. The summed E-state index contributed by atoms with van der Waals surface area (Å²) in [7, 11) is 0. The summed E-state index contributed by atoms with van der Waals surface area (Å²) in [5.74, 6) is 1.35. The third-order valence-electron chi connectivity index (χ3n) is 4.59. The van der Waals surface area contributed by atoms with Crippen LogP contribution in [-0.4, -0.2) is 49.4 Å². The Labute approximate surface area is 134 Å². The van der Waals surface area contributed by atoms with Crippen molar-refractivity contribution in [2.45, 2.75) is 38.6 Å². The van der Waals surface area contributed by atoms with Crippen molar-refractivity contribution < 1.29 is 9.53 Å². The van der Waals surface area contributed by atoms with Crippen molar-refractivity contribution in [3.8, 4) is 0 Å². The summed E-state index contributed by atoms with van der Waals surface area (Å²) in [4.78, 5) is 19.1. The van der Waals surface area contributed by atoms with Gasteiger partial charge in [-0.2, -0.15) is 5.10 Å². The first-order valence-electron chi connectivity index (χ1n) is 8.17. The lowest BCUT2D eigenvalue weighted by Gasteiger charge is -2.26. The molecule has 7 nitrogen and oxygen atoms in total. The molecule has 0 spiro atoms. The van der Waals surface area contributed by atoms with Gasteiger partial charge in [-0.3, -0.25) is 9.48 Å². The van der Waals surface area contributed by atoms with E-state index in [9.17, 15) is 4.79 Å². The molecule has 23 heavy (non-hydrogen) atoms. The lowest BCUT2D eigenvalue weighted by atomic mass is 10.1. The quantitative estimate of drug-likeness (QED) is 0.845. The molecule has 0 aliphatic carbocycles. The molecular formula is C16H21N5O2.